The largest absolute Gasteiger partial charge is 0.353 e. The molecular weight excluding hydrogens is 380 g/mol. The monoisotopic (exact) mass is 410 g/mol. The molecule has 0 spiro atoms. The summed E-state index contributed by atoms with van der Waals surface area (Å²) in [6.07, 6.45) is 7.88. The van der Waals surface area contributed by atoms with Crippen molar-refractivity contribution in [3.63, 3.8) is 0 Å². The maximum atomic E-state index is 13.0. The van der Waals surface area contributed by atoms with Crippen LogP contribution in [0.1, 0.15) is 63.6 Å². The maximum Gasteiger partial charge on any atom is 0.234 e. The van der Waals surface area contributed by atoms with Crippen LogP contribution >= 0.6 is 0 Å². The van der Waals surface area contributed by atoms with Crippen molar-refractivity contribution in [1.82, 2.24) is 19.8 Å². The van der Waals surface area contributed by atoms with Crippen LogP contribution in [0.25, 0.3) is 0 Å². The second-order valence-electron chi connectivity index (χ2n) is 9.29. The minimum absolute atomic E-state index is 0.00479. The third-order valence-electron chi connectivity index (χ3n) is 7.11. The number of hydrogen-bond acceptors (Lipinski definition) is 6. The smallest absolute Gasteiger partial charge is 0.234 e. The fourth-order valence-corrected chi connectivity index (χ4v) is 6.35. The van der Waals surface area contributed by atoms with E-state index in [1.165, 1.54) is 17.0 Å². The van der Waals surface area contributed by atoms with Gasteiger partial charge in [0, 0.05) is 24.5 Å². The van der Waals surface area contributed by atoms with Crippen LogP contribution in [0.15, 0.2) is 4.52 Å². The van der Waals surface area contributed by atoms with Crippen LogP contribution < -0.4 is 5.32 Å². The predicted octanol–water partition coefficient (Wildman–Crippen LogP) is 1.76. The van der Waals surface area contributed by atoms with Gasteiger partial charge in [0.1, 0.15) is 0 Å². The second kappa shape index (κ2) is 6.79. The van der Waals surface area contributed by atoms with E-state index in [1.807, 2.05) is 0 Å². The Labute approximate surface area is 166 Å². The fourth-order valence-electron chi connectivity index (χ4n) is 5.44. The van der Waals surface area contributed by atoms with Gasteiger partial charge in [0.25, 0.3) is 0 Å². The van der Waals surface area contributed by atoms with Crippen LogP contribution in [-0.2, 0) is 20.2 Å². The number of carbonyl (C=O) groups excluding carboxylic acids is 1. The molecule has 0 aromatic carbocycles. The number of nitrogens with zero attached hydrogens (tertiary/aromatic N) is 3. The molecule has 0 unspecified atom stereocenters. The van der Waals surface area contributed by atoms with Gasteiger partial charge in [-0.15, -0.1) is 0 Å². The van der Waals surface area contributed by atoms with Gasteiger partial charge in [-0.1, -0.05) is 31.3 Å². The first-order valence-electron chi connectivity index (χ1n) is 10.2. The van der Waals surface area contributed by atoms with Gasteiger partial charge in [0.05, 0.1) is 11.7 Å². The highest BCUT2D eigenvalue weighted by atomic mass is 32.2. The highest BCUT2D eigenvalue weighted by molar-refractivity contribution is 7.88. The minimum atomic E-state index is -3.30. The molecule has 9 heteroatoms. The SMILES string of the molecule is Cc1noc([C@]23C[C@H](NC(=O)C4(C)CCCCC4)C[C@H]2CN(S(C)(=O)=O)C3)n1. The molecule has 3 fully saturated rings. The molecule has 4 rings (SSSR count). The Morgan fingerprint density at radius 2 is 2.00 bits per heavy atom. The van der Waals surface area contributed by atoms with E-state index < -0.39 is 15.4 Å². The van der Waals surface area contributed by atoms with E-state index in [-0.39, 0.29) is 23.3 Å². The lowest BCUT2D eigenvalue weighted by atomic mass is 9.75. The molecule has 8 nitrogen and oxygen atoms in total. The average molecular weight is 411 g/mol. The summed E-state index contributed by atoms with van der Waals surface area (Å²) >= 11 is 0. The van der Waals surface area contributed by atoms with E-state index in [9.17, 15) is 13.2 Å². The van der Waals surface area contributed by atoms with E-state index in [2.05, 4.69) is 22.4 Å². The standard InChI is InChI=1S/C19H30N4O4S/c1-13-20-17(27-22-13)19-10-15(9-14(19)11-23(12-19)28(3,25)26)21-16(24)18(2)7-5-4-6-8-18/h14-15H,4-12H2,1-3H3,(H,21,24)/t14-,15+,19-/m0/s1. The van der Waals surface area contributed by atoms with E-state index >= 15 is 0 Å². The lowest BCUT2D eigenvalue weighted by molar-refractivity contribution is -0.132. The Balaban J connectivity index is 1.55. The van der Waals surface area contributed by atoms with Crippen LogP contribution in [-0.4, -0.2) is 54.2 Å². The number of fused-ring (bicyclic) bond motifs is 1. The third-order valence-corrected chi connectivity index (χ3v) is 8.32. The van der Waals surface area contributed by atoms with Crippen LogP contribution in [0.2, 0.25) is 0 Å². The Kier molecular flexibility index (Phi) is 4.81. The topological polar surface area (TPSA) is 105 Å². The zero-order valence-corrected chi connectivity index (χ0v) is 17.7. The van der Waals surface area contributed by atoms with Crippen LogP contribution in [0.4, 0.5) is 0 Å². The van der Waals surface area contributed by atoms with Crippen molar-refractivity contribution in [1.29, 1.82) is 0 Å². The number of rotatable bonds is 4. The Morgan fingerprint density at radius 1 is 1.29 bits per heavy atom. The van der Waals surface area contributed by atoms with Crippen molar-refractivity contribution in [3.8, 4) is 0 Å². The zero-order chi connectivity index (χ0) is 20.2. The summed E-state index contributed by atoms with van der Waals surface area (Å²) in [4.78, 5) is 17.4. The number of aromatic nitrogens is 2. The molecule has 3 aliphatic rings. The van der Waals surface area contributed by atoms with Gasteiger partial charge in [-0.2, -0.15) is 4.98 Å². The Hall–Kier alpha value is -1.48. The average Bonchev–Trinajstić information content (AvgIpc) is 3.27. The van der Waals surface area contributed by atoms with E-state index in [0.717, 1.165) is 32.1 Å². The molecule has 0 radical (unpaired) electrons. The van der Waals surface area contributed by atoms with Crippen molar-refractivity contribution >= 4 is 15.9 Å². The molecule has 1 saturated heterocycles. The molecular formula is C19H30N4O4S. The Bertz CT molecular complexity index is 861. The van der Waals surface area contributed by atoms with Crippen molar-refractivity contribution in [2.24, 2.45) is 11.3 Å². The van der Waals surface area contributed by atoms with Crippen LogP contribution in [0, 0.1) is 18.3 Å². The first kappa shape index (κ1) is 19.8. The molecule has 0 bridgehead atoms. The lowest BCUT2D eigenvalue weighted by Crippen LogP contribution is -2.45. The summed E-state index contributed by atoms with van der Waals surface area (Å²) in [6, 6.07) is 0.00479. The Morgan fingerprint density at radius 3 is 2.61 bits per heavy atom. The molecule has 1 aliphatic heterocycles. The summed E-state index contributed by atoms with van der Waals surface area (Å²) in [5.41, 5.74) is -0.807. The predicted molar refractivity (Wildman–Crippen MR) is 103 cm³/mol. The first-order chi connectivity index (χ1) is 13.1. The molecule has 2 heterocycles. The van der Waals surface area contributed by atoms with Crippen molar-refractivity contribution in [2.75, 3.05) is 19.3 Å². The molecule has 3 atom stereocenters. The second-order valence-corrected chi connectivity index (χ2v) is 11.3. The molecule has 1 amide bonds. The molecule has 156 valence electrons. The third kappa shape index (κ3) is 3.36. The fraction of sp³-hybridized carbons (Fsp3) is 0.842. The number of hydrogen-bond donors (Lipinski definition) is 1. The molecule has 2 saturated carbocycles. The molecule has 1 aromatic heterocycles. The number of aryl methyl sites for hydroxylation is 1. The minimum Gasteiger partial charge on any atom is -0.353 e. The normalized spacial score (nSPS) is 33.0. The van der Waals surface area contributed by atoms with Crippen molar-refractivity contribution in [2.45, 2.75) is 70.3 Å². The van der Waals surface area contributed by atoms with Gasteiger partial charge in [-0.05, 0) is 38.5 Å². The highest BCUT2D eigenvalue weighted by Gasteiger charge is 2.59. The maximum absolute atomic E-state index is 13.0. The first-order valence-corrected chi connectivity index (χ1v) is 12.0. The molecule has 1 aromatic rings. The van der Waals surface area contributed by atoms with E-state index in [4.69, 9.17) is 4.52 Å². The summed E-state index contributed by atoms with van der Waals surface area (Å²) in [5, 5.41) is 7.21. The van der Waals surface area contributed by atoms with Gasteiger partial charge in [0.2, 0.25) is 21.8 Å². The van der Waals surface area contributed by atoms with E-state index in [0.29, 0.717) is 31.2 Å². The van der Waals surface area contributed by atoms with Gasteiger partial charge in [-0.25, -0.2) is 12.7 Å². The molecule has 1 N–H and O–H groups in total. The van der Waals surface area contributed by atoms with Crippen molar-refractivity contribution in [3.05, 3.63) is 11.7 Å². The number of sulfonamides is 1. The summed E-state index contributed by atoms with van der Waals surface area (Å²) in [7, 11) is -3.30. The highest BCUT2D eigenvalue weighted by Crippen LogP contribution is 2.51. The summed E-state index contributed by atoms with van der Waals surface area (Å²) in [5.74, 6) is 1.24. The summed E-state index contributed by atoms with van der Waals surface area (Å²) < 4.78 is 31.3. The number of amides is 1. The quantitative estimate of drug-likeness (QED) is 0.811. The molecule has 2 aliphatic carbocycles. The van der Waals surface area contributed by atoms with Crippen LogP contribution in [0.5, 0.6) is 0 Å². The van der Waals surface area contributed by atoms with Crippen molar-refractivity contribution < 1.29 is 17.7 Å². The van der Waals surface area contributed by atoms with Crippen LogP contribution in [0.3, 0.4) is 0 Å². The lowest BCUT2D eigenvalue weighted by Gasteiger charge is -2.33. The van der Waals surface area contributed by atoms with Gasteiger partial charge in [-0.3, -0.25) is 4.79 Å². The number of carbonyl (C=O) groups is 1. The number of nitrogens with one attached hydrogen (secondary N) is 1. The summed E-state index contributed by atoms with van der Waals surface area (Å²) in [6.45, 7) is 4.60. The van der Waals surface area contributed by atoms with Gasteiger partial charge in [0.15, 0.2) is 5.82 Å². The van der Waals surface area contributed by atoms with Gasteiger partial charge < -0.3 is 9.84 Å². The van der Waals surface area contributed by atoms with E-state index in [1.54, 1.807) is 6.92 Å². The molecule has 28 heavy (non-hydrogen) atoms. The van der Waals surface area contributed by atoms with Gasteiger partial charge >= 0.3 is 0 Å². The zero-order valence-electron chi connectivity index (χ0n) is 16.9.